The lowest BCUT2D eigenvalue weighted by atomic mass is 9.98. The van der Waals surface area contributed by atoms with Crippen LogP contribution in [0.3, 0.4) is 0 Å². The molecule has 0 aromatic heterocycles. The van der Waals surface area contributed by atoms with Gasteiger partial charge in [-0.3, -0.25) is 0 Å². The fraction of sp³-hybridized carbons (Fsp3) is 0.538. The summed E-state index contributed by atoms with van der Waals surface area (Å²) in [5, 5.41) is 9.47. The van der Waals surface area contributed by atoms with Crippen LogP contribution in [-0.2, 0) is 10.0 Å². The summed E-state index contributed by atoms with van der Waals surface area (Å²) in [6.45, 7) is 1.30. The number of aryl methyl sites for hydroxylation is 1. The molecule has 0 unspecified atom stereocenters. The van der Waals surface area contributed by atoms with Crippen molar-refractivity contribution in [2.45, 2.75) is 30.8 Å². The summed E-state index contributed by atoms with van der Waals surface area (Å²) in [6, 6.07) is 3.91. The third-order valence-electron chi connectivity index (χ3n) is 3.59. The molecule has 118 valence electrons. The van der Waals surface area contributed by atoms with Gasteiger partial charge in [0.1, 0.15) is 5.75 Å². The summed E-state index contributed by atoms with van der Waals surface area (Å²) in [6.07, 6.45) is -4.75. The average molecular weight is 323 g/mol. The van der Waals surface area contributed by atoms with Crippen LogP contribution >= 0.6 is 0 Å². The number of aromatic hydroxyl groups is 1. The topological polar surface area (TPSA) is 57.6 Å². The van der Waals surface area contributed by atoms with Crippen LogP contribution < -0.4 is 0 Å². The Labute approximate surface area is 121 Å². The van der Waals surface area contributed by atoms with Crippen LogP contribution in [0.15, 0.2) is 23.1 Å². The maximum atomic E-state index is 12.6. The number of piperidine rings is 1. The Morgan fingerprint density at radius 1 is 1.19 bits per heavy atom. The Morgan fingerprint density at radius 3 is 2.24 bits per heavy atom. The van der Waals surface area contributed by atoms with Gasteiger partial charge in [0.15, 0.2) is 0 Å². The maximum Gasteiger partial charge on any atom is 0.391 e. The molecule has 21 heavy (non-hydrogen) atoms. The van der Waals surface area contributed by atoms with E-state index in [-0.39, 0.29) is 36.6 Å². The van der Waals surface area contributed by atoms with Crippen molar-refractivity contribution in [2.24, 2.45) is 5.92 Å². The van der Waals surface area contributed by atoms with Crippen molar-refractivity contribution < 1.29 is 26.7 Å². The minimum atomic E-state index is -4.28. The molecule has 1 aromatic carbocycles. The Hall–Kier alpha value is -1.28. The first-order valence-electron chi connectivity index (χ1n) is 6.48. The van der Waals surface area contributed by atoms with Gasteiger partial charge in [0.2, 0.25) is 10.0 Å². The molecule has 0 aliphatic carbocycles. The SMILES string of the molecule is Cc1cc(O)cc(S(=O)(=O)N2CCC(C(F)(F)F)CC2)c1. The molecule has 0 radical (unpaired) electrons. The molecular formula is C13H16F3NO3S. The second-order valence-electron chi connectivity index (χ2n) is 5.22. The molecular weight excluding hydrogens is 307 g/mol. The Bertz CT molecular complexity index is 600. The van der Waals surface area contributed by atoms with Crippen LogP contribution in [0.2, 0.25) is 0 Å². The van der Waals surface area contributed by atoms with Crippen LogP contribution in [-0.4, -0.2) is 37.1 Å². The zero-order chi connectivity index (χ0) is 15.8. The maximum absolute atomic E-state index is 12.6. The van der Waals surface area contributed by atoms with E-state index in [1.54, 1.807) is 6.92 Å². The Kier molecular flexibility index (Phi) is 4.21. The highest BCUT2D eigenvalue weighted by Crippen LogP contribution is 2.35. The fourth-order valence-electron chi connectivity index (χ4n) is 2.45. The number of phenolic OH excluding ortho intramolecular Hbond substituents is 1. The molecule has 1 heterocycles. The first-order valence-corrected chi connectivity index (χ1v) is 7.92. The second kappa shape index (κ2) is 5.49. The molecule has 1 aliphatic heterocycles. The molecule has 1 N–H and O–H groups in total. The molecule has 0 saturated carbocycles. The molecule has 0 amide bonds. The summed E-state index contributed by atoms with van der Waals surface area (Å²) in [5.74, 6) is -1.63. The van der Waals surface area contributed by atoms with Gasteiger partial charge in [-0.05, 0) is 43.5 Å². The quantitative estimate of drug-likeness (QED) is 0.910. The molecule has 1 saturated heterocycles. The van der Waals surface area contributed by atoms with Crippen molar-refractivity contribution in [1.82, 2.24) is 4.31 Å². The monoisotopic (exact) mass is 323 g/mol. The lowest BCUT2D eigenvalue weighted by molar-refractivity contribution is -0.182. The molecule has 0 atom stereocenters. The number of phenols is 1. The van der Waals surface area contributed by atoms with Gasteiger partial charge in [-0.15, -0.1) is 0 Å². The summed E-state index contributed by atoms with van der Waals surface area (Å²) in [7, 11) is -3.87. The minimum Gasteiger partial charge on any atom is -0.508 e. The predicted octanol–water partition coefficient (Wildman–Crippen LogP) is 2.66. The van der Waals surface area contributed by atoms with Crippen LogP contribution in [0.4, 0.5) is 13.2 Å². The van der Waals surface area contributed by atoms with Crippen molar-refractivity contribution in [2.75, 3.05) is 13.1 Å². The van der Waals surface area contributed by atoms with E-state index in [2.05, 4.69) is 0 Å². The Morgan fingerprint density at radius 2 is 1.76 bits per heavy atom. The third-order valence-corrected chi connectivity index (χ3v) is 5.47. The fourth-order valence-corrected chi connectivity index (χ4v) is 4.04. The van der Waals surface area contributed by atoms with Crippen LogP contribution in [0.1, 0.15) is 18.4 Å². The van der Waals surface area contributed by atoms with Crippen LogP contribution in [0.5, 0.6) is 5.75 Å². The number of hydrogen-bond donors (Lipinski definition) is 1. The number of rotatable bonds is 2. The standard InChI is InChI=1S/C13H16F3NO3S/c1-9-6-11(18)8-12(7-9)21(19,20)17-4-2-10(3-5-17)13(14,15)16/h6-8,10,18H,2-5H2,1H3. The minimum absolute atomic E-state index is 0.0922. The number of sulfonamides is 1. The molecule has 1 fully saturated rings. The lowest BCUT2D eigenvalue weighted by Gasteiger charge is -2.32. The highest BCUT2D eigenvalue weighted by atomic mass is 32.2. The van der Waals surface area contributed by atoms with E-state index in [1.807, 2.05) is 0 Å². The first kappa shape index (κ1) is 16.1. The Balaban J connectivity index is 2.19. The number of hydrogen-bond acceptors (Lipinski definition) is 3. The van der Waals surface area contributed by atoms with E-state index in [4.69, 9.17) is 0 Å². The predicted molar refractivity (Wildman–Crippen MR) is 70.4 cm³/mol. The number of nitrogens with zero attached hydrogens (tertiary/aromatic N) is 1. The van der Waals surface area contributed by atoms with Crippen molar-refractivity contribution >= 4 is 10.0 Å². The number of halogens is 3. The highest BCUT2D eigenvalue weighted by Gasteiger charge is 2.43. The summed E-state index contributed by atoms with van der Waals surface area (Å²) >= 11 is 0. The molecule has 4 nitrogen and oxygen atoms in total. The smallest absolute Gasteiger partial charge is 0.391 e. The molecule has 8 heteroatoms. The zero-order valence-electron chi connectivity index (χ0n) is 11.4. The third kappa shape index (κ3) is 3.49. The van der Waals surface area contributed by atoms with E-state index in [1.165, 1.54) is 12.1 Å². The summed E-state index contributed by atoms with van der Waals surface area (Å²) in [4.78, 5) is -0.0922. The van der Waals surface area contributed by atoms with E-state index in [0.717, 1.165) is 10.4 Å². The molecule has 1 aromatic rings. The van der Waals surface area contributed by atoms with Gasteiger partial charge in [-0.2, -0.15) is 17.5 Å². The van der Waals surface area contributed by atoms with E-state index in [0.29, 0.717) is 5.56 Å². The summed E-state index contributed by atoms with van der Waals surface area (Å²) in [5.41, 5.74) is 0.568. The van der Waals surface area contributed by atoms with Crippen molar-refractivity contribution in [3.05, 3.63) is 23.8 Å². The van der Waals surface area contributed by atoms with Gasteiger partial charge in [0.05, 0.1) is 10.8 Å². The molecule has 1 aliphatic rings. The molecule has 2 rings (SSSR count). The number of benzene rings is 1. The van der Waals surface area contributed by atoms with Gasteiger partial charge in [-0.25, -0.2) is 8.42 Å². The van der Waals surface area contributed by atoms with Crippen molar-refractivity contribution in [3.63, 3.8) is 0 Å². The molecule has 0 spiro atoms. The normalized spacial score (nSPS) is 18.9. The average Bonchev–Trinajstić information content (AvgIpc) is 2.36. The lowest BCUT2D eigenvalue weighted by Crippen LogP contribution is -2.42. The zero-order valence-corrected chi connectivity index (χ0v) is 12.2. The van der Waals surface area contributed by atoms with Crippen LogP contribution in [0, 0.1) is 12.8 Å². The van der Waals surface area contributed by atoms with Gasteiger partial charge in [0, 0.05) is 13.1 Å². The summed E-state index contributed by atoms with van der Waals surface area (Å²) < 4.78 is 63.6. The number of alkyl halides is 3. The largest absolute Gasteiger partial charge is 0.508 e. The molecule has 0 bridgehead atoms. The van der Waals surface area contributed by atoms with Crippen LogP contribution in [0.25, 0.3) is 0 Å². The van der Waals surface area contributed by atoms with Gasteiger partial charge >= 0.3 is 6.18 Å². The van der Waals surface area contributed by atoms with Crippen molar-refractivity contribution in [1.29, 1.82) is 0 Å². The van der Waals surface area contributed by atoms with E-state index >= 15 is 0 Å². The first-order chi connectivity index (χ1) is 9.60. The highest BCUT2D eigenvalue weighted by molar-refractivity contribution is 7.89. The van der Waals surface area contributed by atoms with Gasteiger partial charge in [0.25, 0.3) is 0 Å². The second-order valence-corrected chi connectivity index (χ2v) is 7.16. The van der Waals surface area contributed by atoms with Gasteiger partial charge in [-0.1, -0.05) is 0 Å². The van der Waals surface area contributed by atoms with Crippen molar-refractivity contribution in [3.8, 4) is 5.75 Å². The van der Waals surface area contributed by atoms with E-state index in [9.17, 15) is 26.7 Å². The van der Waals surface area contributed by atoms with Gasteiger partial charge < -0.3 is 5.11 Å². The van der Waals surface area contributed by atoms with E-state index < -0.39 is 22.1 Å².